The molecule has 2 N–H and O–H groups in total. The molecular formula is C16H18Na2O4. The molecule has 22 heavy (non-hydrogen) atoms. The van der Waals surface area contributed by atoms with Gasteiger partial charge >= 0.3 is 11.9 Å². The minimum Gasteiger partial charge on any atom is -0.478 e. The topological polar surface area (TPSA) is 74.6 Å². The Morgan fingerprint density at radius 2 is 1.45 bits per heavy atom. The third-order valence-electron chi connectivity index (χ3n) is 3.79. The normalized spacial score (nSPS) is 14.5. The van der Waals surface area contributed by atoms with Crippen LogP contribution in [0, 0.1) is 11.8 Å². The fraction of sp³-hybridized carbons (Fsp3) is 0.375. The average molecular weight is 320 g/mol. The monoisotopic (exact) mass is 320 g/mol. The summed E-state index contributed by atoms with van der Waals surface area (Å²) in [6.07, 6.45) is 1.20. The van der Waals surface area contributed by atoms with E-state index in [1.807, 2.05) is 24.3 Å². The van der Waals surface area contributed by atoms with E-state index in [-0.39, 0.29) is 82.1 Å². The number of hydrogen-bond acceptors (Lipinski definition) is 2. The first-order chi connectivity index (χ1) is 9.41. The van der Waals surface area contributed by atoms with E-state index in [1.54, 1.807) is 13.8 Å². The van der Waals surface area contributed by atoms with Crippen LogP contribution in [0.15, 0.2) is 35.4 Å². The van der Waals surface area contributed by atoms with Crippen LogP contribution in [0.3, 0.4) is 0 Å². The van der Waals surface area contributed by atoms with Crippen molar-refractivity contribution in [2.45, 2.75) is 26.7 Å². The van der Waals surface area contributed by atoms with Gasteiger partial charge in [-0.3, -0.25) is 0 Å². The molecule has 0 aliphatic heterocycles. The van der Waals surface area contributed by atoms with Crippen LogP contribution in [0.1, 0.15) is 25.0 Å². The van der Waals surface area contributed by atoms with Gasteiger partial charge in [0, 0.05) is 59.1 Å². The molecule has 4 nitrogen and oxygen atoms in total. The van der Waals surface area contributed by atoms with Crippen LogP contribution in [0.4, 0.5) is 0 Å². The van der Waals surface area contributed by atoms with E-state index in [0.29, 0.717) is 12.8 Å². The van der Waals surface area contributed by atoms with Gasteiger partial charge in [-0.2, -0.15) is 0 Å². The summed E-state index contributed by atoms with van der Waals surface area (Å²) in [5.41, 5.74) is 2.31. The Morgan fingerprint density at radius 3 is 1.77 bits per heavy atom. The van der Waals surface area contributed by atoms with E-state index in [0.717, 1.165) is 11.1 Å². The quantitative estimate of drug-likeness (QED) is 0.655. The standard InChI is InChI=1S/C16H18O4.2Na/c1-9(2)13(15(17)18)14(16(19)20)12-7-10-5-3-4-6-11(10)8-12;;/h3-6,9,12H,7-8H2,1-2H3,(H,17,18)(H,19,20);;. The molecule has 0 atom stereocenters. The van der Waals surface area contributed by atoms with Gasteiger partial charge in [-0.25, -0.2) is 9.59 Å². The van der Waals surface area contributed by atoms with Crippen LogP contribution >= 0.6 is 0 Å². The van der Waals surface area contributed by atoms with E-state index in [4.69, 9.17) is 0 Å². The Labute approximate surface area is 174 Å². The van der Waals surface area contributed by atoms with Crippen molar-refractivity contribution in [1.29, 1.82) is 0 Å². The minimum absolute atomic E-state index is 0. The van der Waals surface area contributed by atoms with Crippen molar-refractivity contribution in [3.63, 3.8) is 0 Å². The summed E-state index contributed by atoms with van der Waals surface area (Å²) < 4.78 is 0. The zero-order valence-electron chi connectivity index (χ0n) is 13.6. The van der Waals surface area contributed by atoms with Gasteiger partial charge in [-0.15, -0.1) is 0 Å². The molecule has 2 radical (unpaired) electrons. The van der Waals surface area contributed by atoms with Gasteiger partial charge in [0.2, 0.25) is 0 Å². The first kappa shape index (κ1) is 21.9. The second-order valence-corrected chi connectivity index (χ2v) is 5.47. The Kier molecular flexibility index (Phi) is 9.22. The summed E-state index contributed by atoms with van der Waals surface area (Å²) in [7, 11) is 0. The summed E-state index contributed by atoms with van der Waals surface area (Å²) in [4.78, 5) is 23.0. The third kappa shape index (κ3) is 4.70. The summed E-state index contributed by atoms with van der Waals surface area (Å²) >= 11 is 0. The number of hydrogen-bond donors (Lipinski definition) is 2. The van der Waals surface area contributed by atoms with E-state index in [1.165, 1.54) is 0 Å². The van der Waals surface area contributed by atoms with Crippen LogP contribution in [-0.2, 0) is 22.4 Å². The molecule has 0 bridgehead atoms. The van der Waals surface area contributed by atoms with Crippen LogP contribution in [0.2, 0.25) is 0 Å². The van der Waals surface area contributed by atoms with Crippen molar-refractivity contribution < 1.29 is 19.8 Å². The predicted molar refractivity (Wildman–Crippen MR) is 86.0 cm³/mol. The molecule has 108 valence electrons. The first-order valence-corrected chi connectivity index (χ1v) is 6.69. The van der Waals surface area contributed by atoms with Crippen LogP contribution in [0.5, 0.6) is 0 Å². The Hall–Kier alpha value is -0.1000. The van der Waals surface area contributed by atoms with Crippen LogP contribution < -0.4 is 0 Å². The zero-order valence-corrected chi connectivity index (χ0v) is 17.6. The number of carbonyl (C=O) groups is 2. The number of benzene rings is 1. The van der Waals surface area contributed by atoms with Gasteiger partial charge in [0.25, 0.3) is 0 Å². The third-order valence-corrected chi connectivity index (χ3v) is 3.79. The number of aliphatic carboxylic acids is 2. The second kappa shape index (κ2) is 9.26. The summed E-state index contributed by atoms with van der Waals surface area (Å²) in [6, 6.07) is 7.80. The van der Waals surface area contributed by atoms with Gasteiger partial charge < -0.3 is 10.2 Å². The number of fused-ring (bicyclic) bond motifs is 1. The van der Waals surface area contributed by atoms with Crippen molar-refractivity contribution in [1.82, 2.24) is 0 Å². The van der Waals surface area contributed by atoms with Crippen molar-refractivity contribution in [2.75, 3.05) is 0 Å². The fourth-order valence-corrected chi connectivity index (χ4v) is 2.95. The molecule has 0 heterocycles. The number of carboxylic acids is 2. The van der Waals surface area contributed by atoms with Crippen molar-refractivity contribution in [3.8, 4) is 0 Å². The molecule has 1 aromatic rings. The maximum Gasteiger partial charge on any atom is 0.332 e. The average Bonchev–Trinajstić information content (AvgIpc) is 2.77. The summed E-state index contributed by atoms with van der Waals surface area (Å²) in [5, 5.41) is 18.8. The van der Waals surface area contributed by atoms with Crippen molar-refractivity contribution in [2.24, 2.45) is 11.8 Å². The molecule has 0 saturated carbocycles. The molecule has 0 amide bonds. The van der Waals surface area contributed by atoms with Gasteiger partial charge in [-0.05, 0) is 35.8 Å². The molecule has 6 heteroatoms. The van der Waals surface area contributed by atoms with Gasteiger partial charge in [0.15, 0.2) is 0 Å². The van der Waals surface area contributed by atoms with E-state index >= 15 is 0 Å². The van der Waals surface area contributed by atoms with E-state index in [2.05, 4.69) is 0 Å². The Balaban J connectivity index is 0.00000220. The molecule has 2 rings (SSSR count). The van der Waals surface area contributed by atoms with Gasteiger partial charge in [0.05, 0.1) is 11.1 Å². The van der Waals surface area contributed by atoms with Gasteiger partial charge in [0.1, 0.15) is 0 Å². The fourth-order valence-electron chi connectivity index (χ4n) is 2.95. The van der Waals surface area contributed by atoms with Crippen LogP contribution in [-0.4, -0.2) is 81.3 Å². The Morgan fingerprint density at radius 1 is 1.00 bits per heavy atom. The van der Waals surface area contributed by atoms with E-state index in [9.17, 15) is 19.8 Å². The molecule has 0 saturated heterocycles. The summed E-state index contributed by atoms with van der Waals surface area (Å²) in [5.74, 6) is -2.82. The number of carboxylic acid groups (broad SMARTS) is 2. The van der Waals surface area contributed by atoms with Gasteiger partial charge in [-0.1, -0.05) is 38.1 Å². The first-order valence-electron chi connectivity index (χ1n) is 6.69. The minimum atomic E-state index is -1.13. The largest absolute Gasteiger partial charge is 0.478 e. The predicted octanol–water partition coefficient (Wildman–Crippen LogP) is 1.76. The zero-order chi connectivity index (χ0) is 14.9. The molecule has 0 aromatic heterocycles. The molecule has 1 aliphatic rings. The molecule has 1 aromatic carbocycles. The smallest absolute Gasteiger partial charge is 0.332 e. The Bertz CT molecular complexity index is 569. The second-order valence-electron chi connectivity index (χ2n) is 5.47. The molecule has 0 spiro atoms. The van der Waals surface area contributed by atoms with E-state index < -0.39 is 11.9 Å². The molecular weight excluding hydrogens is 302 g/mol. The molecule has 0 unspecified atom stereocenters. The van der Waals surface area contributed by atoms with Crippen molar-refractivity contribution >= 4 is 71.1 Å². The number of rotatable bonds is 4. The summed E-state index contributed by atoms with van der Waals surface area (Å²) in [6.45, 7) is 3.43. The van der Waals surface area contributed by atoms with Crippen molar-refractivity contribution in [3.05, 3.63) is 46.5 Å². The maximum atomic E-state index is 11.6. The van der Waals surface area contributed by atoms with Crippen LogP contribution in [0.25, 0.3) is 0 Å². The SMILES string of the molecule is CC(C)C(C(=O)O)=C(C(=O)O)C1Cc2ccccc2C1.[Na].[Na]. The maximum absolute atomic E-state index is 11.6. The molecule has 1 aliphatic carbocycles. The molecule has 0 fully saturated rings.